The summed E-state index contributed by atoms with van der Waals surface area (Å²) in [7, 11) is 0. The molecule has 0 aliphatic heterocycles. The number of hydrogen-bond donors (Lipinski definition) is 2. The Morgan fingerprint density at radius 2 is 2.03 bits per heavy atom. The van der Waals surface area contributed by atoms with Gasteiger partial charge in [-0.05, 0) is 48.4 Å². The summed E-state index contributed by atoms with van der Waals surface area (Å²) in [5, 5.41) is 27.2. The number of hydrogen-bond acceptors (Lipinski definition) is 4. The molecule has 5 heteroatoms. The first-order chi connectivity index (χ1) is 15.6. The number of allylic oxidation sites excluding steroid dienone is 2. The lowest BCUT2D eigenvalue weighted by atomic mass is 9.54. The number of H-pyrrole nitrogens is 1. The van der Waals surface area contributed by atoms with Crippen molar-refractivity contribution in [3.8, 4) is 17.3 Å². The minimum Gasteiger partial charge on any atom is -0.396 e. The van der Waals surface area contributed by atoms with Gasteiger partial charge in [0.25, 0.3) is 0 Å². The maximum Gasteiger partial charge on any atom is 0.176 e. The fourth-order valence-electron chi connectivity index (χ4n) is 5.69. The van der Waals surface area contributed by atoms with Crippen LogP contribution in [0.5, 0.6) is 0 Å². The smallest absolute Gasteiger partial charge is 0.176 e. The van der Waals surface area contributed by atoms with Crippen LogP contribution in [0.15, 0.2) is 66.2 Å². The summed E-state index contributed by atoms with van der Waals surface area (Å²) in [5.74, 6) is -0.283. The van der Waals surface area contributed by atoms with E-state index in [4.69, 9.17) is 5.10 Å². The molecule has 2 aliphatic rings. The summed E-state index contributed by atoms with van der Waals surface area (Å²) in [6.07, 6.45) is 4.14. The molecular weight excluding hydrogens is 398 g/mol. The molecule has 1 heterocycles. The van der Waals surface area contributed by atoms with Crippen molar-refractivity contribution in [3.05, 3.63) is 88.6 Å². The fraction of sp³-hybridized carbons (Fsp3) is 0.296. The van der Waals surface area contributed by atoms with Crippen molar-refractivity contribution in [2.45, 2.75) is 31.6 Å². The maximum atomic E-state index is 12.9. The number of nitrogens with one attached hydrogen (secondary N) is 1. The van der Waals surface area contributed by atoms with Crippen molar-refractivity contribution in [2.75, 3.05) is 6.61 Å². The van der Waals surface area contributed by atoms with Crippen molar-refractivity contribution in [2.24, 2.45) is 11.8 Å². The molecule has 2 N–H and O–H groups in total. The molecule has 160 valence electrons. The third-order valence-corrected chi connectivity index (χ3v) is 7.19. The van der Waals surface area contributed by atoms with Crippen LogP contribution >= 0.6 is 0 Å². The SMILES string of the molecule is CC1C(=O)C(C#N)=CC2(c3ccccc3)c3n[nH]c(-c4cccc(CCO)c4)c3CCC12. The lowest BCUT2D eigenvalue weighted by molar-refractivity contribution is -0.121. The fourth-order valence-corrected chi connectivity index (χ4v) is 5.69. The zero-order valence-corrected chi connectivity index (χ0v) is 18.0. The monoisotopic (exact) mass is 423 g/mol. The molecule has 0 fully saturated rings. The van der Waals surface area contributed by atoms with Crippen LogP contribution in [0.3, 0.4) is 0 Å². The third-order valence-electron chi connectivity index (χ3n) is 7.19. The van der Waals surface area contributed by atoms with Gasteiger partial charge in [-0.15, -0.1) is 0 Å². The van der Waals surface area contributed by atoms with Crippen LogP contribution < -0.4 is 0 Å². The van der Waals surface area contributed by atoms with E-state index in [9.17, 15) is 15.2 Å². The molecular formula is C27H25N3O2. The molecule has 32 heavy (non-hydrogen) atoms. The zero-order valence-electron chi connectivity index (χ0n) is 18.0. The predicted octanol–water partition coefficient (Wildman–Crippen LogP) is 4.13. The highest BCUT2D eigenvalue weighted by Gasteiger charge is 2.53. The molecule has 0 saturated heterocycles. The van der Waals surface area contributed by atoms with Gasteiger partial charge in [0.05, 0.1) is 22.4 Å². The molecule has 0 radical (unpaired) electrons. The van der Waals surface area contributed by atoms with E-state index in [0.717, 1.165) is 46.5 Å². The Bertz CT molecular complexity index is 1250. The number of ketones is 1. The standard InChI is InChI=1S/C27H25N3O2/c1-17-23-11-10-22-24(19-7-5-6-18(14-19)12-13-31)29-30-26(22)27(23,15-20(16-28)25(17)32)21-8-3-2-4-9-21/h2-9,14-15,17,23,31H,10-13H2,1H3,(H,29,30). The van der Waals surface area contributed by atoms with Crippen molar-refractivity contribution in [1.82, 2.24) is 10.2 Å². The normalized spacial score (nSPS) is 24.3. The first-order valence-electron chi connectivity index (χ1n) is 11.1. The van der Waals surface area contributed by atoms with Gasteiger partial charge in [0.2, 0.25) is 0 Å². The van der Waals surface area contributed by atoms with Crippen molar-refractivity contribution < 1.29 is 9.90 Å². The lowest BCUT2D eigenvalue weighted by Gasteiger charge is -2.47. The predicted molar refractivity (Wildman–Crippen MR) is 122 cm³/mol. The Hall–Kier alpha value is -3.49. The largest absolute Gasteiger partial charge is 0.396 e. The first-order valence-corrected chi connectivity index (χ1v) is 11.1. The zero-order chi connectivity index (χ0) is 22.3. The second-order valence-electron chi connectivity index (χ2n) is 8.80. The van der Waals surface area contributed by atoms with Crippen molar-refractivity contribution in [3.63, 3.8) is 0 Å². The van der Waals surface area contributed by atoms with Gasteiger partial charge < -0.3 is 5.11 Å². The molecule has 1 aromatic heterocycles. The summed E-state index contributed by atoms with van der Waals surface area (Å²) in [6.45, 7) is 2.06. The number of rotatable bonds is 4. The molecule has 2 aliphatic carbocycles. The van der Waals surface area contributed by atoms with E-state index >= 15 is 0 Å². The van der Waals surface area contributed by atoms with Gasteiger partial charge in [-0.2, -0.15) is 10.4 Å². The number of carbonyl (C=O) groups excluding carboxylic acids is 1. The van der Waals surface area contributed by atoms with Gasteiger partial charge in [0.1, 0.15) is 6.07 Å². The summed E-state index contributed by atoms with van der Waals surface area (Å²) in [5.41, 5.74) is 5.80. The molecule has 0 bridgehead atoms. The van der Waals surface area contributed by atoms with E-state index in [1.165, 1.54) is 0 Å². The highest BCUT2D eigenvalue weighted by Crippen LogP contribution is 2.54. The minimum atomic E-state index is -0.620. The van der Waals surface area contributed by atoms with Crippen LogP contribution in [0.2, 0.25) is 0 Å². The number of benzene rings is 2. The van der Waals surface area contributed by atoms with Crippen molar-refractivity contribution in [1.29, 1.82) is 5.26 Å². The Morgan fingerprint density at radius 1 is 1.22 bits per heavy atom. The molecule has 5 nitrogen and oxygen atoms in total. The molecule has 3 atom stereocenters. The molecule has 3 unspecified atom stereocenters. The molecule has 2 aromatic carbocycles. The molecule has 0 saturated carbocycles. The van der Waals surface area contributed by atoms with E-state index in [2.05, 4.69) is 35.4 Å². The van der Waals surface area contributed by atoms with Crippen LogP contribution in [0.25, 0.3) is 11.3 Å². The van der Waals surface area contributed by atoms with Gasteiger partial charge in [0.15, 0.2) is 5.78 Å². The first kappa shape index (κ1) is 20.4. The maximum absolute atomic E-state index is 12.9. The van der Waals surface area contributed by atoms with E-state index in [0.29, 0.717) is 6.42 Å². The number of aliphatic hydroxyl groups excluding tert-OH is 1. The number of nitrogens with zero attached hydrogens (tertiary/aromatic N) is 2. The second-order valence-corrected chi connectivity index (χ2v) is 8.80. The second kappa shape index (κ2) is 7.89. The molecule has 0 spiro atoms. The summed E-state index contributed by atoms with van der Waals surface area (Å²) in [4.78, 5) is 12.9. The van der Waals surface area contributed by atoms with Gasteiger partial charge in [-0.1, -0.05) is 55.5 Å². The Balaban J connectivity index is 1.75. The average Bonchev–Trinajstić information content (AvgIpc) is 3.27. The van der Waals surface area contributed by atoms with Crippen LogP contribution in [0.4, 0.5) is 0 Å². The summed E-state index contributed by atoms with van der Waals surface area (Å²) in [6, 6.07) is 20.5. The highest BCUT2D eigenvalue weighted by molar-refractivity contribution is 6.02. The van der Waals surface area contributed by atoms with E-state index in [-0.39, 0.29) is 29.8 Å². The number of aliphatic hydroxyl groups is 1. The van der Waals surface area contributed by atoms with Crippen LogP contribution in [-0.4, -0.2) is 27.7 Å². The quantitative estimate of drug-likeness (QED) is 0.660. The third kappa shape index (κ3) is 2.95. The Labute approximate surface area is 187 Å². The van der Waals surface area contributed by atoms with Gasteiger partial charge in [-0.25, -0.2) is 0 Å². The number of carbonyl (C=O) groups is 1. The molecule has 0 amide bonds. The lowest BCUT2D eigenvalue weighted by Crippen LogP contribution is -2.48. The van der Waals surface area contributed by atoms with Gasteiger partial charge in [-0.3, -0.25) is 9.89 Å². The number of Topliss-reactive ketones (excluding diaryl/α,β-unsaturated/α-hetero) is 1. The minimum absolute atomic E-state index is 0.0406. The Kier molecular flexibility index (Phi) is 5.03. The average molecular weight is 424 g/mol. The van der Waals surface area contributed by atoms with E-state index in [1.54, 1.807) is 0 Å². The van der Waals surface area contributed by atoms with Crippen molar-refractivity contribution >= 4 is 5.78 Å². The molecule has 3 aromatic rings. The summed E-state index contributed by atoms with van der Waals surface area (Å²) < 4.78 is 0. The summed E-state index contributed by atoms with van der Waals surface area (Å²) >= 11 is 0. The van der Waals surface area contributed by atoms with E-state index in [1.807, 2.05) is 43.3 Å². The van der Waals surface area contributed by atoms with Gasteiger partial charge in [0, 0.05) is 23.7 Å². The van der Waals surface area contributed by atoms with Crippen LogP contribution in [0, 0.1) is 23.2 Å². The van der Waals surface area contributed by atoms with Gasteiger partial charge >= 0.3 is 0 Å². The number of fused-ring (bicyclic) bond motifs is 3. The molecule has 5 rings (SSSR count). The number of aromatic nitrogens is 2. The Morgan fingerprint density at radius 3 is 2.78 bits per heavy atom. The topological polar surface area (TPSA) is 89.8 Å². The van der Waals surface area contributed by atoms with E-state index < -0.39 is 5.41 Å². The van der Waals surface area contributed by atoms with Crippen LogP contribution in [0.1, 0.15) is 35.7 Å². The number of aromatic amines is 1. The van der Waals surface area contributed by atoms with Crippen LogP contribution in [-0.2, 0) is 23.1 Å². The number of nitriles is 1. The highest BCUT2D eigenvalue weighted by atomic mass is 16.3.